The van der Waals surface area contributed by atoms with Gasteiger partial charge in [-0.25, -0.2) is 9.98 Å². The smallest absolute Gasteiger partial charge is 0.191 e. The van der Waals surface area contributed by atoms with Crippen molar-refractivity contribution in [3.05, 3.63) is 47.7 Å². The Balaban J connectivity index is 1.56. The first kappa shape index (κ1) is 20.8. The maximum absolute atomic E-state index is 9.94. The van der Waals surface area contributed by atoms with Crippen LogP contribution in [0.3, 0.4) is 0 Å². The van der Waals surface area contributed by atoms with E-state index in [0.29, 0.717) is 18.3 Å². The number of piperidine rings is 1. The topological polar surface area (TPSA) is 82.0 Å². The van der Waals surface area contributed by atoms with E-state index in [-0.39, 0.29) is 5.75 Å². The average molecular weight is 398 g/mol. The molecule has 1 aromatic carbocycles. The van der Waals surface area contributed by atoms with Crippen molar-refractivity contribution in [2.75, 3.05) is 31.6 Å². The summed E-state index contributed by atoms with van der Waals surface area (Å²) in [5, 5.41) is 16.8. The number of guanidine groups is 1. The van der Waals surface area contributed by atoms with Crippen molar-refractivity contribution in [3.8, 4) is 11.5 Å². The van der Waals surface area contributed by atoms with E-state index < -0.39 is 0 Å². The first-order valence-corrected chi connectivity index (χ1v) is 10.2. The fourth-order valence-electron chi connectivity index (χ4n) is 3.48. The highest BCUT2D eigenvalue weighted by atomic mass is 16.5. The summed E-state index contributed by atoms with van der Waals surface area (Å²) in [6, 6.07) is 11.9. The minimum Gasteiger partial charge on any atom is -0.504 e. The van der Waals surface area contributed by atoms with Gasteiger partial charge in [0, 0.05) is 31.4 Å². The number of ether oxygens (including phenoxy) is 1. The Hall–Kier alpha value is -2.96. The first-order chi connectivity index (χ1) is 14.1. The zero-order valence-electron chi connectivity index (χ0n) is 17.5. The van der Waals surface area contributed by atoms with Gasteiger partial charge < -0.3 is 25.4 Å². The number of aromatic hydroxyl groups is 1. The summed E-state index contributed by atoms with van der Waals surface area (Å²) in [5.41, 5.74) is 1.98. The lowest BCUT2D eigenvalue weighted by atomic mass is 10.1. The van der Waals surface area contributed by atoms with Crippen LogP contribution in [0.15, 0.2) is 41.4 Å². The maximum Gasteiger partial charge on any atom is 0.191 e. The minimum atomic E-state index is 0.135. The first-order valence-electron chi connectivity index (χ1n) is 10.2. The van der Waals surface area contributed by atoms with Gasteiger partial charge in [-0.1, -0.05) is 12.1 Å². The molecule has 1 aliphatic rings. The van der Waals surface area contributed by atoms with E-state index in [1.807, 2.05) is 19.1 Å². The molecule has 0 unspecified atom stereocenters. The van der Waals surface area contributed by atoms with Gasteiger partial charge in [0.25, 0.3) is 0 Å². The Bertz CT molecular complexity index is 832. The number of phenolic OH excluding ortho intramolecular Hbond substituents is 1. The van der Waals surface area contributed by atoms with Crippen LogP contribution in [0.1, 0.15) is 31.0 Å². The average Bonchev–Trinajstić information content (AvgIpc) is 2.73. The summed E-state index contributed by atoms with van der Waals surface area (Å²) in [4.78, 5) is 11.7. The molecule has 0 saturated carbocycles. The van der Waals surface area contributed by atoms with Crippen molar-refractivity contribution < 1.29 is 9.84 Å². The van der Waals surface area contributed by atoms with Crippen LogP contribution < -0.4 is 20.3 Å². The summed E-state index contributed by atoms with van der Waals surface area (Å²) in [5.74, 6) is 2.46. The molecule has 0 aliphatic carbocycles. The molecule has 1 aliphatic heterocycles. The molecule has 0 atom stereocenters. The molecule has 3 rings (SSSR count). The molecule has 7 heteroatoms. The van der Waals surface area contributed by atoms with E-state index in [1.165, 1.54) is 0 Å². The molecule has 0 amide bonds. The number of pyridine rings is 1. The number of hydrogen-bond acceptors (Lipinski definition) is 5. The predicted molar refractivity (Wildman–Crippen MR) is 117 cm³/mol. The maximum atomic E-state index is 9.94. The van der Waals surface area contributed by atoms with Gasteiger partial charge in [0.15, 0.2) is 17.5 Å². The second-order valence-electron chi connectivity index (χ2n) is 7.24. The lowest BCUT2D eigenvalue weighted by Gasteiger charge is -2.34. The molecule has 29 heavy (non-hydrogen) atoms. The molecule has 0 bridgehead atoms. The Morgan fingerprint density at radius 2 is 2.07 bits per heavy atom. The molecule has 7 nitrogen and oxygen atoms in total. The van der Waals surface area contributed by atoms with Crippen LogP contribution in [0.5, 0.6) is 11.5 Å². The molecule has 0 spiro atoms. The van der Waals surface area contributed by atoms with Crippen LogP contribution in [0.4, 0.5) is 5.82 Å². The Morgan fingerprint density at radius 3 is 2.72 bits per heavy atom. The Morgan fingerprint density at radius 1 is 1.28 bits per heavy atom. The fourth-order valence-corrected chi connectivity index (χ4v) is 3.48. The van der Waals surface area contributed by atoms with E-state index in [0.717, 1.165) is 55.5 Å². The molecular weight excluding hydrogens is 366 g/mol. The largest absolute Gasteiger partial charge is 0.504 e. The quantitative estimate of drug-likeness (QED) is 0.514. The van der Waals surface area contributed by atoms with Gasteiger partial charge in [-0.05, 0) is 56.5 Å². The standard InChI is InChI=1S/C22H31N5O2/c1-4-23-22(24-15-17-8-9-20(29-3)19(28)14-17)26-18-10-12-27(13-11-18)21-7-5-6-16(2)25-21/h5-9,14,18,28H,4,10-13,15H2,1-3H3,(H2,23,24,26). The van der Waals surface area contributed by atoms with E-state index >= 15 is 0 Å². The van der Waals surface area contributed by atoms with Gasteiger partial charge in [0.05, 0.1) is 13.7 Å². The molecule has 156 valence electrons. The molecular formula is C22H31N5O2. The van der Waals surface area contributed by atoms with Crippen molar-refractivity contribution in [2.45, 2.75) is 39.3 Å². The Labute approximate surface area is 172 Å². The summed E-state index contributed by atoms with van der Waals surface area (Å²) in [7, 11) is 1.54. The number of phenols is 1. The zero-order chi connectivity index (χ0) is 20.6. The highest BCUT2D eigenvalue weighted by Crippen LogP contribution is 2.26. The molecule has 1 aromatic heterocycles. The minimum absolute atomic E-state index is 0.135. The summed E-state index contributed by atoms with van der Waals surface area (Å²) < 4.78 is 5.09. The number of hydrogen-bond donors (Lipinski definition) is 3. The lowest BCUT2D eigenvalue weighted by molar-refractivity contribution is 0.373. The monoisotopic (exact) mass is 397 g/mol. The van der Waals surface area contributed by atoms with Crippen LogP contribution in [0, 0.1) is 6.92 Å². The molecule has 2 heterocycles. The highest BCUT2D eigenvalue weighted by Gasteiger charge is 2.21. The predicted octanol–water partition coefficient (Wildman–Crippen LogP) is 2.83. The van der Waals surface area contributed by atoms with Crippen LogP contribution in [0.2, 0.25) is 0 Å². The normalized spacial score (nSPS) is 15.3. The third kappa shape index (κ3) is 5.76. The third-order valence-electron chi connectivity index (χ3n) is 5.04. The second-order valence-corrected chi connectivity index (χ2v) is 7.24. The van der Waals surface area contributed by atoms with E-state index in [2.05, 4.69) is 44.6 Å². The number of anilines is 1. The zero-order valence-corrected chi connectivity index (χ0v) is 17.5. The number of aromatic nitrogens is 1. The number of methoxy groups -OCH3 is 1. The van der Waals surface area contributed by atoms with E-state index in [1.54, 1.807) is 19.2 Å². The summed E-state index contributed by atoms with van der Waals surface area (Å²) >= 11 is 0. The van der Waals surface area contributed by atoms with Gasteiger partial charge in [-0.3, -0.25) is 0 Å². The fraction of sp³-hybridized carbons (Fsp3) is 0.455. The number of aryl methyl sites for hydroxylation is 1. The van der Waals surface area contributed by atoms with Crippen LogP contribution in [-0.2, 0) is 6.54 Å². The van der Waals surface area contributed by atoms with Crippen molar-refractivity contribution in [1.82, 2.24) is 15.6 Å². The molecule has 3 N–H and O–H groups in total. The van der Waals surface area contributed by atoms with E-state index in [9.17, 15) is 5.11 Å². The summed E-state index contributed by atoms with van der Waals surface area (Å²) in [6.07, 6.45) is 2.06. The van der Waals surface area contributed by atoms with Crippen molar-refractivity contribution in [1.29, 1.82) is 0 Å². The number of rotatable bonds is 6. The Kier molecular flexibility index (Phi) is 7.16. The van der Waals surface area contributed by atoms with Crippen molar-refractivity contribution >= 4 is 11.8 Å². The number of nitrogens with zero attached hydrogens (tertiary/aromatic N) is 3. The van der Waals surface area contributed by atoms with Gasteiger partial charge >= 0.3 is 0 Å². The van der Waals surface area contributed by atoms with Crippen LogP contribution in [-0.4, -0.2) is 48.8 Å². The molecule has 1 fully saturated rings. The molecule has 0 radical (unpaired) electrons. The third-order valence-corrected chi connectivity index (χ3v) is 5.04. The summed E-state index contributed by atoms with van der Waals surface area (Å²) in [6.45, 7) is 7.31. The highest BCUT2D eigenvalue weighted by molar-refractivity contribution is 5.80. The van der Waals surface area contributed by atoms with E-state index in [4.69, 9.17) is 4.74 Å². The number of aliphatic imine (C=N–C) groups is 1. The van der Waals surface area contributed by atoms with Gasteiger partial charge in [0.1, 0.15) is 5.82 Å². The SMILES string of the molecule is CCNC(=NCc1ccc(OC)c(O)c1)NC1CCN(c2cccc(C)n2)CC1. The second kappa shape index (κ2) is 10.0. The van der Waals surface area contributed by atoms with Crippen LogP contribution in [0.25, 0.3) is 0 Å². The van der Waals surface area contributed by atoms with Crippen molar-refractivity contribution in [2.24, 2.45) is 4.99 Å². The van der Waals surface area contributed by atoms with Crippen molar-refractivity contribution in [3.63, 3.8) is 0 Å². The number of benzene rings is 1. The van der Waals surface area contributed by atoms with Gasteiger partial charge in [-0.15, -0.1) is 0 Å². The number of nitrogens with one attached hydrogen (secondary N) is 2. The molecule has 1 saturated heterocycles. The van der Waals surface area contributed by atoms with Gasteiger partial charge in [-0.2, -0.15) is 0 Å². The molecule has 2 aromatic rings. The lowest BCUT2D eigenvalue weighted by Crippen LogP contribution is -2.48. The van der Waals surface area contributed by atoms with Crippen LogP contribution >= 0.6 is 0 Å². The van der Waals surface area contributed by atoms with Gasteiger partial charge in [0.2, 0.25) is 0 Å².